The van der Waals surface area contributed by atoms with Crippen LogP contribution in [0.1, 0.15) is 16.5 Å². The third-order valence-corrected chi connectivity index (χ3v) is 4.91. The molecule has 1 atom stereocenters. The number of halogens is 1. The molecule has 0 bridgehead atoms. The number of rotatable bonds is 3. The molecule has 0 fully saturated rings. The lowest BCUT2D eigenvalue weighted by molar-refractivity contribution is 0.223. The van der Waals surface area contributed by atoms with Crippen LogP contribution in [0.5, 0.6) is 0 Å². The highest BCUT2D eigenvalue weighted by atomic mass is 79.9. The number of hydrogen-bond donors (Lipinski definition) is 1. The van der Waals surface area contributed by atoms with Crippen LogP contribution in [-0.4, -0.2) is 10.1 Å². The van der Waals surface area contributed by atoms with E-state index in [-0.39, 0.29) is 0 Å². The molecule has 0 amide bonds. The summed E-state index contributed by atoms with van der Waals surface area (Å²) in [4.78, 5) is 4.93. The van der Waals surface area contributed by atoms with Crippen LogP contribution in [0.15, 0.2) is 64.7 Å². The summed E-state index contributed by atoms with van der Waals surface area (Å²) < 4.78 is 0.710. The summed E-state index contributed by atoms with van der Waals surface area (Å²) in [6.07, 6.45) is -0.637. The molecule has 0 aliphatic rings. The number of thiazole rings is 1. The van der Waals surface area contributed by atoms with Crippen LogP contribution in [0.4, 0.5) is 0 Å². The molecular formula is C16H12BrNOS. The predicted octanol–water partition coefficient (Wildman–Crippen LogP) is 4.65. The molecule has 0 saturated heterocycles. The van der Waals surface area contributed by atoms with E-state index < -0.39 is 6.10 Å². The van der Waals surface area contributed by atoms with E-state index in [4.69, 9.17) is 0 Å². The summed E-state index contributed by atoms with van der Waals surface area (Å²) in [6.45, 7) is 0. The van der Waals surface area contributed by atoms with Crippen LogP contribution in [0.2, 0.25) is 0 Å². The van der Waals surface area contributed by atoms with Crippen LogP contribution < -0.4 is 0 Å². The van der Waals surface area contributed by atoms with Gasteiger partial charge < -0.3 is 5.11 Å². The predicted molar refractivity (Wildman–Crippen MR) is 85.8 cm³/mol. The minimum absolute atomic E-state index is 0.637. The highest BCUT2D eigenvalue weighted by Gasteiger charge is 2.16. The molecule has 0 saturated carbocycles. The van der Waals surface area contributed by atoms with Gasteiger partial charge in [0.15, 0.2) is 0 Å². The Balaban J connectivity index is 1.89. The summed E-state index contributed by atoms with van der Waals surface area (Å²) in [6, 6.07) is 18.2. The molecule has 20 heavy (non-hydrogen) atoms. The molecule has 1 heterocycles. The third kappa shape index (κ3) is 2.68. The third-order valence-electron chi connectivity index (χ3n) is 3.13. The van der Waals surface area contributed by atoms with Crippen molar-refractivity contribution in [1.82, 2.24) is 4.98 Å². The Morgan fingerprint density at radius 2 is 1.60 bits per heavy atom. The highest BCUT2D eigenvalue weighted by molar-refractivity contribution is 9.10. The van der Waals surface area contributed by atoms with E-state index >= 15 is 0 Å². The maximum Gasteiger partial charge on any atom is 0.123 e. The molecule has 4 heteroatoms. The van der Waals surface area contributed by atoms with Gasteiger partial charge in [0.2, 0.25) is 0 Å². The van der Waals surface area contributed by atoms with Gasteiger partial charge in [-0.05, 0) is 32.6 Å². The lowest BCUT2D eigenvalue weighted by Gasteiger charge is -2.10. The Bertz CT molecular complexity index is 694. The van der Waals surface area contributed by atoms with Crippen molar-refractivity contribution in [3.63, 3.8) is 0 Å². The highest BCUT2D eigenvalue weighted by Crippen LogP contribution is 2.32. The van der Waals surface area contributed by atoms with Crippen molar-refractivity contribution in [2.75, 3.05) is 0 Å². The van der Waals surface area contributed by atoms with Crippen molar-refractivity contribution in [2.45, 2.75) is 6.10 Å². The molecule has 0 spiro atoms. The molecular weight excluding hydrogens is 334 g/mol. The summed E-state index contributed by atoms with van der Waals surface area (Å²) >= 11 is 4.80. The lowest BCUT2D eigenvalue weighted by atomic mass is 10.0. The van der Waals surface area contributed by atoms with Crippen molar-refractivity contribution in [2.24, 2.45) is 0 Å². The Morgan fingerprint density at radius 3 is 2.20 bits per heavy atom. The quantitative estimate of drug-likeness (QED) is 0.749. The van der Waals surface area contributed by atoms with Crippen LogP contribution >= 0.6 is 27.3 Å². The topological polar surface area (TPSA) is 33.1 Å². The van der Waals surface area contributed by atoms with E-state index in [0.29, 0.717) is 4.60 Å². The van der Waals surface area contributed by atoms with E-state index in [0.717, 1.165) is 16.0 Å². The Morgan fingerprint density at radius 1 is 0.950 bits per heavy atom. The van der Waals surface area contributed by atoms with E-state index in [2.05, 4.69) is 33.0 Å². The maximum atomic E-state index is 10.4. The first-order chi connectivity index (χ1) is 9.75. The average Bonchev–Trinajstić information content (AvgIpc) is 2.94. The van der Waals surface area contributed by atoms with Crippen LogP contribution in [0, 0.1) is 0 Å². The van der Waals surface area contributed by atoms with Gasteiger partial charge >= 0.3 is 0 Å². The maximum absolute atomic E-state index is 10.4. The van der Waals surface area contributed by atoms with Gasteiger partial charge in [0, 0.05) is 0 Å². The molecule has 0 aliphatic heterocycles. The lowest BCUT2D eigenvalue weighted by Crippen LogP contribution is -1.97. The minimum atomic E-state index is -0.637. The molecule has 0 aliphatic carbocycles. The monoisotopic (exact) mass is 345 g/mol. The molecule has 1 aromatic heterocycles. The van der Waals surface area contributed by atoms with Gasteiger partial charge in [-0.15, -0.1) is 11.3 Å². The van der Waals surface area contributed by atoms with Gasteiger partial charge in [-0.25, -0.2) is 4.98 Å². The van der Waals surface area contributed by atoms with Gasteiger partial charge in [0.25, 0.3) is 0 Å². The summed E-state index contributed by atoms with van der Waals surface area (Å²) in [5, 5.41) is 10.4. The molecule has 100 valence electrons. The normalized spacial score (nSPS) is 12.3. The van der Waals surface area contributed by atoms with Crippen molar-refractivity contribution >= 4 is 27.3 Å². The minimum Gasteiger partial charge on any atom is -0.383 e. The van der Waals surface area contributed by atoms with Gasteiger partial charge in [0.05, 0.1) is 10.4 Å². The molecule has 0 radical (unpaired) electrons. The van der Waals surface area contributed by atoms with Crippen molar-refractivity contribution in [3.05, 3.63) is 75.2 Å². The van der Waals surface area contributed by atoms with Gasteiger partial charge in [-0.2, -0.15) is 0 Å². The Labute approximate surface area is 129 Å². The number of hydrogen-bond acceptors (Lipinski definition) is 3. The number of aromatic nitrogens is 1. The zero-order valence-electron chi connectivity index (χ0n) is 10.5. The van der Waals surface area contributed by atoms with Crippen molar-refractivity contribution in [3.8, 4) is 11.1 Å². The summed E-state index contributed by atoms with van der Waals surface area (Å²) in [5.74, 6) is 0. The number of aliphatic hydroxyl groups excluding tert-OH is 1. The van der Waals surface area contributed by atoms with E-state index in [9.17, 15) is 5.11 Å². The largest absolute Gasteiger partial charge is 0.383 e. The second kappa shape index (κ2) is 5.87. The number of nitrogens with zero attached hydrogens (tertiary/aromatic N) is 1. The van der Waals surface area contributed by atoms with E-state index in [1.807, 2.05) is 42.5 Å². The fourth-order valence-corrected chi connectivity index (χ4v) is 3.48. The smallest absolute Gasteiger partial charge is 0.123 e. The molecule has 2 aromatic carbocycles. The fraction of sp³-hybridized carbons (Fsp3) is 0.0625. The van der Waals surface area contributed by atoms with Gasteiger partial charge in [-0.3, -0.25) is 0 Å². The average molecular weight is 346 g/mol. The SMILES string of the molecule is OC(c1ccc(-c2ccccc2)cc1)c1scnc1Br. The molecule has 1 unspecified atom stereocenters. The summed E-state index contributed by atoms with van der Waals surface area (Å²) in [7, 11) is 0. The molecule has 3 rings (SSSR count). The van der Waals surface area contributed by atoms with Crippen LogP contribution in [-0.2, 0) is 0 Å². The van der Waals surface area contributed by atoms with Crippen LogP contribution in [0.3, 0.4) is 0 Å². The van der Waals surface area contributed by atoms with E-state index in [1.54, 1.807) is 5.51 Å². The summed E-state index contributed by atoms with van der Waals surface area (Å²) in [5.41, 5.74) is 4.91. The first kappa shape index (κ1) is 13.5. The number of aliphatic hydroxyl groups is 1. The van der Waals surface area contributed by atoms with Crippen LogP contribution in [0.25, 0.3) is 11.1 Å². The fourth-order valence-electron chi connectivity index (χ4n) is 2.06. The second-order valence-corrected chi connectivity index (χ2v) is 6.04. The van der Waals surface area contributed by atoms with Crippen molar-refractivity contribution in [1.29, 1.82) is 0 Å². The first-order valence-electron chi connectivity index (χ1n) is 6.18. The van der Waals surface area contributed by atoms with Crippen molar-refractivity contribution < 1.29 is 5.11 Å². The zero-order chi connectivity index (χ0) is 13.9. The van der Waals surface area contributed by atoms with E-state index in [1.165, 1.54) is 16.9 Å². The Hall–Kier alpha value is -1.49. The Kier molecular flexibility index (Phi) is 3.96. The molecule has 1 N–H and O–H groups in total. The van der Waals surface area contributed by atoms with Gasteiger partial charge in [-0.1, -0.05) is 54.6 Å². The zero-order valence-corrected chi connectivity index (χ0v) is 12.9. The first-order valence-corrected chi connectivity index (χ1v) is 7.85. The molecule has 3 aromatic rings. The van der Waals surface area contributed by atoms with Gasteiger partial charge in [0.1, 0.15) is 10.7 Å². The molecule has 2 nitrogen and oxygen atoms in total. The standard InChI is InChI=1S/C16H12BrNOS/c17-16-15(20-10-18-16)14(19)13-8-6-12(7-9-13)11-4-2-1-3-5-11/h1-10,14,19H. The second-order valence-electron chi connectivity index (χ2n) is 4.40. The number of benzene rings is 2.